The molecule has 7 nitrogen and oxygen atoms in total. The number of hydrogen-bond acceptors (Lipinski definition) is 6. The molecule has 0 heterocycles. The quantitative estimate of drug-likeness (QED) is 0.387. The summed E-state index contributed by atoms with van der Waals surface area (Å²) in [4.78, 5) is 11.9. The van der Waals surface area contributed by atoms with Crippen molar-refractivity contribution in [3.8, 4) is 23.3 Å². The second-order valence-electron chi connectivity index (χ2n) is 6.51. The highest BCUT2D eigenvalue weighted by Crippen LogP contribution is 2.29. The average Bonchev–Trinajstić information content (AvgIpc) is 2.83. The molecule has 1 amide bonds. The molecule has 0 aliphatic rings. The van der Waals surface area contributed by atoms with Gasteiger partial charge in [-0.2, -0.15) is 10.4 Å². The molecule has 0 radical (unpaired) electrons. The van der Waals surface area contributed by atoms with E-state index < -0.39 is 5.91 Å². The van der Waals surface area contributed by atoms with Crippen molar-refractivity contribution in [2.24, 2.45) is 5.10 Å². The summed E-state index contributed by atoms with van der Waals surface area (Å²) >= 11 is 6.16. The molecule has 0 saturated carbocycles. The van der Waals surface area contributed by atoms with E-state index in [-0.39, 0.29) is 6.61 Å². The maximum Gasteiger partial charge on any atom is 0.277 e. The van der Waals surface area contributed by atoms with Gasteiger partial charge in [0.2, 0.25) is 0 Å². The van der Waals surface area contributed by atoms with Gasteiger partial charge < -0.3 is 14.2 Å². The van der Waals surface area contributed by atoms with Crippen molar-refractivity contribution in [2.75, 3.05) is 13.7 Å². The Morgan fingerprint density at radius 2 is 1.88 bits per heavy atom. The summed E-state index contributed by atoms with van der Waals surface area (Å²) in [5, 5.41) is 13.3. The Morgan fingerprint density at radius 3 is 2.59 bits per heavy atom. The first-order valence-corrected chi connectivity index (χ1v) is 9.96. The summed E-state index contributed by atoms with van der Waals surface area (Å²) in [6.45, 7) is 0.0974. The van der Waals surface area contributed by atoms with Gasteiger partial charge in [-0.3, -0.25) is 4.79 Å². The third kappa shape index (κ3) is 6.49. The van der Waals surface area contributed by atoms with Gasteiger partial charge in [0.15, 0.2) is 18.1 Å². The number of carbonyl (C=O) groups is 1. The lowest BCUT2D eigenvalue weighted by Gasteiger charge is -2.12. The predicted octanol–water partition coefficient (Wildman–Crippen LogP) is 4.33. The molecule has 0 saturated heterocycles. The lowest BCUT2D eigenvalue weighted by molar-refractivity contribution is -0.123. The Labute approximate surface area is 190 Å². The van der Waals surface area contributed by atoms with Crippen LogP contribution in [0.25, 0.3) is 0 Å². The molecule has 0 spiro atoms. The second kappa shape index (κ2) is 11.4. The van der Waals surface area contributed by atoms with Gasteiger partial charge in [0.05, 0.1) is 25.0 Å². The van der Waals surface area contributed by atoms with Crippen molar-refractivity contribution in [3.63, 3.8) is 0 Å². The number of ether oxygens (including phenoxy) is 3. The van der Waals surface area contributed by atoms with Gasteiger partial charge in [0, 0.05) is 10.6 Å². The number of nitrogens with zero attached hydrogens (tertiary/aromatic N) is 2. The first-order chi connectivity index (χ1) is 15.6. The number of nitrogens with one attached hydrogen (secondary N) is 1. The van der Waals surface area contributed by atoms with Crippen LogP contribution in [0.2, 0.25) is 5.02 Å². The Hall–Kier alpha value is -4.02. The fourth-order valence-corrected chi connectivity index (χ4v) is 2.83. The zero-order chi connectivity index (χ0) is 22.8. The molecule has 0 aliphatic heterocycles. The minimum atomic E-state index is -0.419. The largest absolute Gasteiger partial charge is 0.493 e. The van der Waals surface area contributed by atoms with Crippen LogP contribution in [-0.2, 0) is 11.4 Å². The number of nitriles is 1. The minimum Gasteiger partial charge on any atom is -0.493 e. The highest BCUT2D eigenvalue weighted by atomic mass is 35.5. The second-order valence-corrected chi connectivity index (χ2v) is 6.92. The molecule has 3 rings (SSSR count). The summed E-state index contributed by atoms with van der Waals surface area (Å²) < 4.78 is 16.6. The van der Waals surface area contributed by atoms with Crippen LogP contribution in [-0.4, -0.2) is 25.8 Å². The van der Waals surface area contributed by atoms with E-state index in [0.717, 1.165) is 5.56 Å². The Balaban J connectivity index is 1.52. The van der Waals surface area contributed by atoms with Crippen LogP contribution in [0.15, 0.2) is 71.8 Å². The maximum absolute atomic E-state index is 11.9. The van der Waals surface area contributed by atoms with Crippen LogP contribution in [0.3, 0.4) is 0 Å². The molecule has 1 N–H and O–H groups in total. The molecular formula is C24H20ClN3O4. The van der Waals surface area contributed by atoms with Gasteiger partial charge in [-0.15, -0.1) is 0 Å². The number of hydrazone groups is 1. The molecule has 0 aromatic heterocycles. The molecule has 0 fully saturated rings. The predicted molar refractivity (Wildman–Crippen MR) is 121 cm³/mol. The van der Waals surface area contributed by atoms with Crippen molar-refractivity contribution in [1.82, 2.24) is 5.43 Å². The monoisotopic (exact) mass is 449 g/mol. The zero-order valence-corrected chi connectivity index (χ0v) is 18.0. The van der Waals surface area contributed by atoms with E-state index in [4.69, 9.17) is 31.1 Å². The van der Waals surface area contributed by atoms with Crippen LogP contribution in [0, 0.1) is 11.3 Å². The van der Waals surface area contributed by atoms with Crippen molar-refractivity contribution >= 4 is 23.7 Å². The lowest BCUT2D eigenvalue weighted by atomic mass is 10.2. The third-order valence-corrected chi connectivity index (χ3v) is 4.65. The highest BCUT2D eigenvalue weighted by molar-refractivity contribution is 6.31. The highest BCUT2D eigenvalue weighted by Gasteiger charge is 2.07. The number of halogens is 1. The number of hydrogen-bond donors (Lipinski definition) is 1. The number of amides is 1. The Kier molecular flexibility index (Phi) is 8.07. The van der Waals surface area contributed by atoms with Crippen LogP contribution in [0.1, 0.15) is 16.7 Å². The van der Waals surface area contributed by atoms with E-state index >= 15 is 0 Å². The summed E-state index contributed by atoms with van der Waals surface area (Å²) in [5.74, 6) is 1.15. The molecule has 3 aromatic carbocycles. The van der Waals surface area contributed by atoms with Crippen LogP contribution in [0.5, 0.6) is 17.2 Å². The molecule has 32 heavy (non-hydrogen) atoms. The van der Waals surface area contributed by atoms with Crippen molar-refractivity contribution in [3.05, 3.63) is 88.4 Å². The van der Waals surface area contributed by atoms with Gasteiger partial charge in [-0.25, -0.2) is 5.43 Å². The van der Waals surface area contributed by atoms with E-state index in [2.05, 4.69) is 10.5 Å². The van der Waals surface area contributed by atoms with E-state index in [1.807, 2.05) is 24.3 Å². The molecule has 162 valence electrons. The zero-order valence-electron chi connectivity index (χ0n) is 17.2. The van der Waals surface area contributed by atoms with E-state index in [9.17, 15) is 4.79 Å². The van der Waals surface area contributed by atoms with E-state index in [0.29, 0.717) is 40.0 Å². The maximum atomic E-state index is 11.9. The van der Waals surface area contributed by atoms with Gasteiger partial charge in [-0.05, 0) is 54.1 Å². The van der Waals surface area contributed by atoms with Crippen molar-refractivity contribution < 1.29 is 19.0 Å². The molecule has 3 aromatic rings. The molecule has 0 atom stereocenters. The van der Waals surface area contributed by atoms with E-state index in [1.54, 1.807) is 55.6 Å². The summed E-state index contributed by atoms with van der Waals surface area (Å²) in [5.41, 5.74) is 4.49. The van der Waals surface area contributed by atoms with Crippen LogP contribution >= 0.6 is 11.6 Å². The molecule has 0 unspecified atom stereocenters. The first-order valence-electron chi connectivity index (χ1n) is 9.58. The van der Waals surface area contributed by atoms with Gasteiger partial charge in [-0.1, -0.05) is 29.8 Å². The Morgan fingerprint density at radius 1 is 1.09 bits per heavy atom. The summed E-state index contributed by atoms with van der Waals surface area (Å²) in [7, 11) is 1.54. The normalized spacial score (nSPS) is 10.4. The molecule has 8 heteroatoms. The SMILES string of the molecule is COc1cc(/C=N\NC(=O)COc2ccc(C#N)cc2)ccc1OCc1ccccc1Cl. The van der Waals surface area contributed by atoms with Crippen molar-refractivity contribution in [1.29, 1.82) is 5.26 Å². The Bertz CT molecular complexity index is 1140. The number of carbonyl (C=O) groups excluding carboxylic acids is 1. The fourth-order valence-electron chi connectivity index (χ4n) is 2.64. The van der Waals surface area contributed by atoms with Crippen LogP contribution in [0.4, 0.5) is 0 Å². The smallest absolute Gasteiger partial charge is 0.277 e. The van der Waals surface area contributed by atoms with Gasteiger partial charge in [0.25, 0.3) is 5.91 Å². The summed E-state index contributed by atoms with van der Waals surface area (Å²) in [6, 6.07) is 21.2. The van der Waals surface area contributed by atoms with Gasteiger partial charge in [0.1, 0.15) is 12.4 Å². The minimum absolute atomic E-state index is 0.207. The van der Waals surface area contributed by atoms with Gasteiger partial charge >= 0.3 is 0 Å². The number of methoxy groups -OCH3 is 1. The van der Waals surface area contributed by atoms with Crippen LogP contribution < -0.4 is 19.6 Å². The average molecular weight is 450 g/mol. The van der Waals surface area contributed by atoms with Crippen molar-refractivity contribution in [2.45, 2.75) is 6.61 Å². The fraction of sp³-hybridized carbons (Fsp3) is 0.125. The molecule has 0 bridgehead atoms. The lowest BCUT2D eigenvalue weighted by Crippen LogP contribution is -2.24. The number of rotatable bonds is 9. The third-order valence-electron chi connectivity index (χ3n) is 4.28. The topological polar surface area (TPSA) is 92.9 Å². The number of benzene rings is 3. The standard InChI is InChI=1S/C24H20ClN3O4/c1-30-23-12-18(8-11-22(23)32-15-19-4-2-3-5-21(19)25)14-27-28-24(29)16-31-20-9-6-17(13-26)7-10-20/h2-12,14H,15-16H2,1H3,(H,28,29)/b27-14-. The molecular weight excluding hydrogens is 430 g/mol. The van der Waals surface area contributed by atoms with E-state index in [1.165, 1.54) is 6.21 Å². The summed E-state index contributed by atoms with van der Waals surface area (Å²) in [6.07, 6.45) is 1.49. The molecule has 0 aliphatic carbocycles. The first kappa shape index (κ1) is 22.7.